The molecular formula is C14H20N2O2S2. The van der Waals surface area contributed by atoms with Crippen LogP contribution < -0.4 is 10.6 Å². The molecule has 0 spiro atoms. The fourth-order valence-corrected chi connectivity index (χ4v) is 2.41. The number of ether oxygens (including phenoxy) is 1. The van der Waals surface area contributed by atoms with Gasteiger partial charge in [-0.3, -0.25) is 0 Å². The number of thiocarbonyl (C=S) groups is 1. The largest absolute Gasteiger partial charge is 0.467 e. The second-order valence-corrected chi connectivity index (χ2v) is 5.72. The lowest BCUT2D eigenvalue weighted by molar-refractivity contribution is -0.142. The zero-order valence-electron chi connectivity index (χ0n) is 11.9. The number of nitrogens with one attached hydrogen (secondary N) is 2. The maximum absolute atomic E-state index is 11.7. The number of carbonyl (C=O) groups excluding carboxylic acids is 1. The van der Waals surface area contributed by atoms with Crippen molar-refractivity contribution in [1.29, 1.82) is 0 Å². The van der Waals surface area contributed by atoms with Gasteiger partial charge in [-0.1, -0.05) is 12.1 Å². The van der Waals surface area contributed by atoms with E-state index in [2.05, 4.69) is 10.6 Å². The molecule has 0 saturated carbocycles. The van der Waals surface area contributed by atoms with Crippen LogP contribution in [-0.2, 0) is 9.53 Å². The van der Waals surface area contributed by atoms with Crippen molar-refractivity contribution in [3.63, 3.8) is 0 Å². The first-order valence-electron chi connectivity index (χ1n) is 6.27. The van der Waals surface area contributed by atoms with Gasteiger partial charge in [0, 0.05) is 5.69 Å². The van der Waals surface area contributed by atoms with Crippen LogP contribution in [0.25, 0.3) is 0 Å². The normalized spacial score (nSPS) is 11.6. The maximum atomic E-state index is 11.7. The SMILES string of the molecule is COC(=O)[C@H](CCSC)NC(=S)Nc1cccc(C)c1. The van der Waals surface area contributed by atoms with Crippen LogP contribution in [0.3, 0.4) is 0 Å². The van der Waals surface area contributed by atoms with Crippen LogP contribution in [0.15, 0.2) is 24.3 Å². The highest BCUT2D eigenvalue weighted by Crippen LogP contribution is 2.10. The highest BCUT2D eigenvalue weighted by molar-refractivity contribution is 7.98. The number of aryl methyl sites for hydroxylation is 1. The third kappa shape index (κ3) is 5.79. The fraction of sp³-hybridized carbons (Fsp3) is 0.429. The molecule has 0 bridgehead atoms. The molecule has 0 radical (unpaired) electrons. The number of thioether (sulfide) groups is 1. The molecule has 0 aliphatic rings. The number of carbonyl (C=O) groups is 1. The molecule has 0 heterocycles. The van der Waals surface area contributed by atoms with Crippen molar-refractivity contribution < 1.29 is 9.53 Å². The standard InChI is InChI=1S/C14H20N2O2S2/c1-10-5-4-6-11(9-10)15-14(19)16-12(7-8-20-3)13(17)18-2/h4-6,9,12H,7-8H2,1-3H3,(H2,15,16,19)/t12-/m0/s1. The molecule has 110 valence electrons. The molecule has 0 saturated heterocycles. The van der Waals surface area contributed by atoms with Crippen molar-refractivity contribution in [2.75, 3.05) is 24.4 Å². The summed E-state index contributed by atoms with van der Waals surface area (Å²) in [7, 11) is 1.38. The lowest BCUT2D eigenvalue weighted by Gasteiger charge is -2.18. The first kappa shape index (κ1) is 16.8. The van der Waals surface area contributed by atoms with E-state index in [1.807, 2.05) is 37.4 Å². The summed E-state index contributed by atoms with van der Waals surface area (Å²) in [5, 5.41) is 6.50. The summed E-state index contributed by atoms with van der Waals surface area (Å²) in [6, 6.07) is 7.46. The Kier molecular flexibility index (Phi) is 7.40. The molecule has 0 aliphatic carbocycles. The third-order valence-corrected chi connectivity index (χ3v) is 3.54. The van der Waals surface area contributed by atoms with Gasteiger partial charge in [0.1, 0.15) is 6.04 Å². The van der Waals surface area contributed by atoms with Crippen LogP contribution in [0.2, 0.25) is 0 Å². The zero-order chi connectivity index (χ0) is 15.0. The lowest BCUT2D eigenvalue weighted by atomic mass is 10.2. The number of hydrogen-bond donors (Lipinski definition) is 2. The Labute approximate surface area is 129 Å². The fourth-order valence-electron chi connectivity index (χ4n) is 1.68. The zero-order valence-corrected chi connectivity index (χ0v) is 13.6. The van der Waals surface area contributed by atoms with E-state index < -0.39 is 6.04 Å². The second kappa shape index (κ2) is 8.81. The van der Waals surface area contributed by atoms with Crippen molar-refractivity contribution in [1.82, 2.24) is 5.32 Å². The number of methoxy groups -OCH3 is 1. The average Bonchev–Trinajstić information content (AvgIpc) is 2.42. The summed E-state index contributed by atoms with van der Waals surface area (Å²) in [5.41, 5.74) is 2.04. The number of rotatable bonds is 6. The summed E-state index contributed by atoms with van der Waals surface area (Å²) >= 11 is 6.92. The van der Waals surface area contributed by atoms with Gasteiger partial charge in [-0.25, -0.2) is 4.79 Å². The first-order valence-corrected chi connectivity index (χ1v) is 8.08. The number of esters is 1. The van der Waals surface area contributed by atoms with E-state index in [1.165, 1.54) is 7.11 Å². The van der Waals surface area contributed by atoms with Crippen molar-refractivity contribution in [3.05, 3.63) is 29.8 Å². The Balaban J connectivity index is 2.59. The molecule has 2 N–H and O–H groups in total. The van der Waals surface area contributed by atoms with Crippen molar-refractivity contribution in [3.8, 4) is 0 Å². The molecule has 0 aliphatic heterocycles. The van der Waals surface area contributed by atoms with E-state index >= 15 is 0 Å². The molecule has 1 atom stereocenters. The quantitative estimate of drug-likeness (QED) is 0.622. The molecule has 4 nitrogen and oxygen atoms in total. The van der Waals surface area contributed by atoms with Gasteiger partial charge in [0.05, 0.1) is 7.11 Å². The molecule has 20 heavy (non-hydrogen) atoms. The molecule has 0 aromatic heterocycles. The number of anilines is 1. The van der Waals surface area contributed by atoms with Gasteiger partial charge < -0.3 is 15.4 Å². The van der Waals surface area contributed by atoms with Gasteiger partial charge in [0.2, 0.25) is 0 Å². The Morgan fingerprint density at radius 3 is 2.85 bits per heavy atom. The smallest absolute Gasteiger partial charge is 0.328 e. The Morgan fingerprint density at radius 1 is 1.50 bits per heavy atom. The van der Waals surface area contributed by atoms with Crippen molar-refractivity contribution in [2.45, 2.75) is 19.4 Å². The van der Waals surface area contributed by atoms with E-state index in [9.17, 15) is 4.79 Å². The third-order valence-electron chi connectivity index (χ3n) is 2.68. The minimum Gasteiger partial charge on any atom is -0.467 e. The monoisotopic (exact) mass is 312 g/mol. The summed E-state index contributed by atoms with van der Waals surface area (Å²) in [6.45, 7) is 2.01. The van der Waals surface area contributed by atoms with Crippen molar-refractivity contribution >= 4 is 40.7 Å². The summed E-state index contributed by atoms with van der Waals surface area (Å²) in [4.78, 5) is 11.7. The Hall–Kier alpha value is -1.27. The highest BCUT2D eigenvalue weighted by Gasteiger charge is 2.19. The van der Waals surface area contributed by atoms with Gasteiger partial charge in [-0.2, -0.15) is 11.8 Å². The molecule has 1 rings (SSSR count). The number of hydrogen-bond acceptors (Lipinski definition) is 4. The van der Waals surface area contributed by atoms with Gasteiger partial charge in [-0.05, 0) is 55.3 Å². The molecule has 6 heteroatoms. The lowest BCUT2D eigenvalue weighted by Crippen LogP contribution is -2.43. The molecular weight excluding hydrogens is 292 g/mol. The minimum absolute atomic E-state index is 0.299. The predicted octanol–water partition coefficient (Wildman–Crippen LogP) is 2.58. The molecule has 0 amide bonds. The van der Waals surface area contributed by atoms with Gasteiger partial charge in [-0.15, -0.1) is 0 Å². The molecule has 0 unspecified atom stereocenters. The average molecular weight is 312 g/mol. The van der Waals surface area contributed by atoms with Crippen LogP contribution in [-0.4, -0.2) is 36.2 Å². The first-order chi connectivity index (χ1) is 9.56. The Morgan fingerprint density at radius 2 is 2.25 bits per heavy atom. The van der Waals surface area contributed by atoms with E-state index in [1.54, 1.807) is 11.8 Å². The van der Waals surface area contributed by atoms with Crippen LogP contribution in [0.4, 0.5) is 5.69 Å². The van der Waals surface area contributed by atoms with Crippen molar-refractivity contribution in [2.24, 2.45) is 0 Å². The highest BCUT2D eigenvalue weighted by atomic mass is 32.2. The van der Waals surface area contributed by atoms with Crippen LogP contribution in [0.5, 0.6) is 0 Å². The van der Waals surface area contributed by atoms with Crippen LogP contribution in [0, 0.1) is 6.92 Å². The predicted molar refractivity (Wildman–Crippen MR) is 89.3 cm³/mol. The van der Waals surface area contributed by atoms with Gasteiger partial charge >= 0.3 is 5.97 Å². The summed E-state index contributed by atoms with van der Waals surface area (Å²) in [5.74, 6) is 0.562. The molecule has 1 aromatic carbocycles. The topological polar surface area (TPSA) is 50.4 Å². The van der Waals surface area contributed by atoms with Gasteiger partial charge in [0.15, 0.2) is 5.11 Å². The Bertz CT molecular complexity index is 466. The summed E-state index contributed by atoms with van der Waals surface area (Å²) in [6.07, 6.45) is 2.67. The molecule has 1 aromatic rings. The van der Waals surface area contributed by atoms with E-state index in [-0.39, 0.29) is 5.97 Å². The van der Waals surface area contributed by atoms with Crippen LogP contribution in [0.1, 0.15) is 12.0 Å². The van der Waals surface area contributed by atoms with Gasteiger partial charge in [0.25, 0.3) is 0 Å². The van der Waals surface area contributed by atoms with Crippen LogP contribution >= 0.6 is 24.0 Å². The second-order valence-electron chi connectivity index (χ2n) is 4.33. The number of benzene rings is 1. The van der Waals surface area contributed by atoms with E-state index in [0.29, 0.717) is 11.5 Å². The van der Waals surface area contributed by atoms with E-state index in [0.717, 1.165) is 17.0 Å². The van der Waals surface area contributed by atoms with E-state index in [4.69, 9.17) is 17.0 Å². The summed E-state index contributed by atoms with van der Waals surface area (Å²) < 4.78 is 4.78. The maximum Gasteiger partial charge on any atom is 0.328 e. The minimum atomic E-state index is -0.419. The molecule has 0 fully saturated rings.